The Kier molecular flexibility index (Phi) is 7.13. The van der Waals surface area contributed by atoms with E-state index in [1.54, 1.807) is 45.0 Å². The van der Waals surface area contributed by atoms with Gasteiger partial charge in [-0.3, -0.25) is 14.9 Å². The standard InChI is InChI=1S/C22H27N5O5S/c1-5-26(6-2)33(31,32)17-9-10-20-19(14-17)23-21(25(20)4)11-12-22(28)24-18-13-16(27(29)30)8-7-15(18)3/h7-10,13-14H,5-6,11-12H2,1-4H3,(H,24,28). The normalized spacial score (nSPS) is 11.8. The second kappa shape index (κ2) is 9.67. The minimum absolute atomic E-state index is 0.0956. The van der Waals surface area contributed by atoms with Crippen molar-refractivity contribution in [3.05, 3.63) is 57.9 Å². The van der Waals surface area contributed by atoms with Crippen molar-refractivity contribution >= 4 is 38.3 Å². The molecule has 0 unspecified atom stereocenters. The molecule has 3 aromatic rings. The summed E-state index contributed by atoms with van der Waals surface area (Å²) in [5, 5.41) is 13.7. The van der Waals surface area contributed by atoms with Crippen molar-refractivity contribution in [3.8, 4) is 0 Å². The van der Waals surface area contributed by atoms with E-state index in [9.17, 15) is 23.3 Å². The third-order valence-corrected chi connectivity index (χ3v) is 7.62. The maximum atomic E-state index is 12.8. The fourth-order valence-corrected chi connectivity index (χ4v) is 5.10. The lowest BCUT2D eigenvalue weighted by molar-refractivity contribution is -0.384. The highest BCUT2D eigenvalue weighted by Crippen LogP contribution is 2.24. The Morgan fingerprint density at radius 2 is 1.88 bits per heavy atom. The fourth-order valence-electron chi connectivity index (χ4n) is 3.62. The highest BCUT2D eigenvalue weighted by Gasteiger charge is 2.23. The van der Waals surface area contributed by atoms with Crippen molar-refractivity contribution in [2.75, 3.05) is 18.4 Å². The Balaban J connectivity index is 1.77. The molecule has 0 bridgehead atoms. The number of nitro benzene ring substituents is 1. The van der Waals surface area contributed by atoms with E-state index in [4.69, 9.17) is 0 Å². The Morgan fingerprint density at radius 3 is 2.52 bits per heavy atom. The number of fused-ring (bicyclic) bond motifs is 1. The van der Waals surface area contributed by atoms with Gasteiger partial charge in [0.15, 0.2) is 0 Å². The van der Waals surface area contributed by atoms with Crippen LogP contribution in [-0.4, -0.2) is 46.2 Å². The van der Waals surface area contributed by atoms with Crippen LogP contribution in [0.2, 0.25) is 0 Å². The molecule has 2 aromatic carbocycles. The smallest absolute Gasteiger partial charge is 0.271 e. The number of nitrogens with zero attached hydrogens (tertiary/aromatic N) is 4. The van der Waals surface area contributed by atoms with Crippen LogP contribution in [0.25, 0.3) is 11.0 Å². The number of benzene rings is 2. The van der Waals surface area contributed by atoms with Crippen LogP contribution >= 0.6 is 0 Å². The van der Waals surface area contributed by atoms with Gasteiger partial charge in [-0.05, 0) is 30.7 Å². The van der Waals surface area contributed by atoms with Gasteiger partial charge < -0.3 is 9.88 Å². The van der Waals surface area contributed by atoms with Gasteiger partial charge in [-0.25, -0.2) is 13.4 Å². The molecule has 1 heterocycles. The van der Waals surface area contributed by atoms with Crippen molar-refractivity contribution < 1.29 is 18.1 Å². The number of rotatable bonds is 9. The van der Waals surface area contributed by atoms with E-state index in [0.717, 1.165) is 11.1 Å². The van der Waals surface area contributed by atoms with Crippen LogP contribution < -0.4 is 5.32 Å². The van der Waals surface area contributed by atoms with Crippen LogP contribution in [0.5, 0.6) is 0 Å². The number of carbonyl (C=O) groups excluding carboxylic acids is 1. The maximum absolute atomic E-state index is 12.8. The van der Waals surface area contributed by atoms with Crippen LogP contribution in [0.1, 0.15) is 31.7 Å². The third kappa shape index (κ3) is 5.04. The van der Waals surface area contributed by atoms with Gasteiger partial charge in [0.25, 0.3) is 5.69 Å². The van der Waals surface area contributed by atoms with Gasteiger partial charge in [-0.1, -0.05) is 19.9 Å². The summed E-state index contributed by atoms with van der Waals surface area (Å²) in [7, 11) is -1.79. The number of hydrogen-bond acceptors (Lipinski definition) is 6. The Morgan fingerprint density at radius 1 is 1.18 bits per heavy atom. The third-order valence-electron chi connectivity index (χ3n) is 5.57. The number of aromatic nitrogens is 2. The van der Waals surface area contributed by atoms with Crippen LogP contribution in [0.15, 0.2) is 41.3 Å². The highest BCUT2D eigenvalue weighted by atomic mass is 32.2. The first kappa shape index (κ1) is 24.3. The quantitative estimate of drug-likeness (QED) is 0.375. The molecule has 0 aliphatic carbocycles. The SMILES string of the molecule is CCN(CC)S(=O)(=O)c1ccc2c(c1)nc(CCC(=O)Nc1cc([N+](=O)[O-])ccc1C)n2C. The maximum Gasteiger partial charge on any atom is 0.271 e. The van der Waals surface area contributed by atoms with Gasteiger partial charge >= 0.3 is 0 Å². The van der Waals surface area contributed by atoms with Crippen molar-refractivity contribution in [2.24, 2.45) is 7.05 Å². The number of imidazole rings is 1. The monoisotopic (exact) mass is 473 g/mol. The summed E-state index contributed by atoms with van der Waals surface area (Å²) in [6, 6.07) is 9.15. The molecule has 176 valence electrons. The summed E-state index contributed by atoms with van der Waals surface area (Å²) in [6.45, 7) is 6.10. The summed E-state index contributed by atoms with van der Waals surface area (Å²) < 4.78 is 28.8. The second-order valence-corrected chi connectivity index (χ2v) is 9.57. The first-order valence-electron chi connectivity index (χ1n) is 10.6. The van der Waals surface area contributed by atoms with E-state index in [1.165, 1.54) is 16.4 Å². The molecule has 0 aliphatic rings. The van der Waals surface area contributed by atoms with Gasteiger partial charge in [-0.15, -0.1) is 0 Å². The van der Waals surface area contributed by atoms with Gasteiger partial charge in [0.1, 0.15) is 5.82 Å². The lowest BCUT2D eigenvalue weighted by Crippen LogP contribution is -2.30. The summed E-state index contributed by atoms with van der Waals surface area (Å²) in [5.41, 5.74) is 2.32. The van der Waals surface area contributed by atoms with E-state index >= 15 is 0 Å². The van der Waals surface area contributed by atoms with Gasteiger partial charge in [0.2, 0.25) is 15.9 Å². The summed E-state index contributed by atoms with van der Waals surface area (Å²) in [6.07, 6.45) is 0.438. The van der Waals surface area contributed by atoms with Crippen LogP contribution in [0, 0.1) is 17.0 Å². The predicted molar refractivity (Wildman–Crippen MR) is 126 cm³/mol. The van der Waals surface area contributed by atoms with Gasteiger partial charge in [-0.2, -0.15) is 4.31 Å². The van der Waals surface area contributed by atoms with E-state index in [2.05, 4.69) is 10.3 Å². The number of sulfonamides is 1. The lowest BCUT2D eigenvalue weighted by Gasteiger charge is -2.18. The summed E-state index contributed by atoms with van der Waals surface area (Å²) in [4.78, 5) is 27.7. The average Bonchev–Trinajstić information content (AvgIpc) is 3.09. The zero-order valence-electron chi connectivity index (χ0n) is 19.0. The molecule has 11 heteroatoms. The summed E-state index contributed by atoms with van der Waals surface area (Å²) in [5.74, 6) is 0.337. The van der Waals surface area contributed by atoms with Crippen LogP contribution in [0.4, 0.5) is 11.4 Å². The zero-order chi connectivity index (χ0) is 24.3. The van der Waals surface area contributed by atoms with E-state index in [-0.39, 0.29) is 22.9 Å². The number of nitrogens with one attached hydrogen (secondary N) is 1. The molecule has 33 heavy (non-hydrogen) atoms. The Hall–Kier alpha value is -3.31. The summed E-state index contributed by atoms with van der Waals surface area (Å²) >= 11 is 0. The molecule has 3 rings (SSSR count). The Bertz CT molecular complexity index is 1310. The molecule has 0 fully saturated rings. The second-order valence-electron chi connectivity index (χ2n) is 7.63. The fraction of sp³-hybridized carbons (Fsp3) is 0.364. The largest absolute Gasteiger partial charge is 0.331 e. The molecule has 1 amide bonds. The number of amides is 1. The molecule has 10 nitrogen and oxygen atoms in total. The van der Waals surface area contributed by atoms with Crippen LogP contribution in [-0.2, 0) is 28.3 Å². The predicted octanol–water partition coefficient (Wildman–Crippen LogP) is 3.39. The number of hydrogen-bond donors (Lipinski definition) is 1. The first-order chi connectivity index (χ1) is 15.6. The number of nitro groups is 1. The topological polar surface area (TPSA) is 127 Å². The molecule has 1 N–H and O–H groups in total. The molecule has 0 aliphatic heterocycles. The van der Waals surface area contributed by atoms with Crippen LogP contribution in [0.3, 0.4) is 0 Å². The number of carbonyl (C=O) groups is 1. The minimum atomic E-state index is -3.60. The average molecular weight is 474 g/mol. The van der Waals surface area contributed by atoms with Crippen molar-refractivity contribution in [2.45, 2.75) is 38.5 Å². The number of non-ortho nitro benzene ring substituents is 1. The molecular weight excluding hydrogens is 446 g/mol. The molecule has 1 aromatic heterocycles. The lowest BCUT2D eigenvalue weighted by atomic mass is 10.1. The minimum Gasteiger partial charge on any atom is -0.331 e. The van der Waals surface area contributed by atoms with Gasteiger partial charge in [0, 0.05) is 45.1 Å². The molecule has 0 atom stereocenters. The van der Waals surface area contributed by atoms with Crippen molar-refractivity contribution in [3.63, 3.8) is 0 Å². The molecule has 0 spiro atoms. The number of anilines is 1. The first-order valence-corrected chi connectivity index (χ1v) is 12.0. The van der Waals surface area contributed by atoms with Gasteiger partial charge in [0.05, 0.1) is 26.5 Å². The highest BCUT2D eigenvalue weighted by molar-refractivity contribution is 7.89. The molecule has 0 saturated carbocycles. The zero-order valence-corrected chi connectivity index (χ0v) is 19.8. The molecular formula is C22H27N5O5S. The van der Waals surface area contributed by atoms with E-state index in [0.29, 0.717) is 36.5 Å². The van der Waals surface area contributed by atoms with E-state index < -0.39 is 14.9 Å². The Labute approximate surface area is 192 Å². The molecule has 0 saturated heterocycles. The van der Waals surface area contributed by atoms with Crippen molar-refractivity contribution in [1.82, 2.24) is 13.9 Å². The number of aryl methyl sites for hydroxylation is 3. The van der Waals surface area contributed by atoms with E-state index in [1.807, 2.05) is 11.6 Å². The van der Waals surface area contributed by atoms with Crippen molar-refractivity contribution in [1.29, 1.82) is 0 Å². The molecule has 0 radical (unpaired) electrons.